The maximum atomic E-state index is 11.3. The molecule has 114 valence electrons. The van der Waals surface area contributed by atoms with Gasteiger partial charge in [0.25, 0.3) is 0 Å². The van der Waals surface area contributed by atoms with E-state index >= 15 is 0 Å². The van der Waals surface area contributed by atoms with Crippen LogP contribution in [-0.2, 0) is 0 Å². The maximum Gasteiger partial charge on any atom is 0.311 e. The molecule has 2 aliphatic rings. The van der Waals surface area contributed by atoms with Gasteiger partial charge in [-0.25, -0.2) is 4.98 Å². The van der Waals surface area contributed by atoms with Crippen molar-refractivity contribution >= 4 is 11.5 Å². The van der Waals surface area contributed by atoms with Crippen LogP contribution in [0.2, 0.25) is 0 Å². The lowest BCUT2D eigenvalue weighted by Gasteiger charge is -2.30. The highest BCUT2D eigenvalue weighted by molar-refractivity contribution is 5.59. The number of hydrogen-bond donors (Lipinski definition) is 1. The summed E-state index contributed by atoms with van der Waals surface area (Å²) in [5.41, 5.74) is 0.978. The van der Waals surface area contributed by atoms with Crippen molar-refractivity contribution in [2.45, 2.75) is 38.6 Å². The van der Waals surface area contributed by atoms with Gasteiger partial charge in [-0.15, -0.1) is 0 Å². The summed E-state index contributed by atoms with van der Waals surface area (Å²) >= 11 is 0. The van der Waals surface area contributed by atoms with Crippen LogP contribution in [0.4, 0.5) is 11.5 Å². The molecule has 1 saturated carbocycles. The first-order chi connectivity index (χ1) is 10.1. The lowest BCUT2D eigenvalue weighted by molar-refractivity contribution is -0.384. The summed E-state index contributed by atoms with van der Waals surface area (Å²) in [6.07, 6.45) is 6.35. The van der Waals surface area contributed by atoms with Gasteiger partial charge in [-0.3, -0.25) is 10.1 Å². The fraction of sp³-hybridized carbons (Fsp3) is 0.667. The molecule has 1 aromatic heterocycles. The fourth-order valence-corrected chi connectivity index (χ4v) is 3.05. The lowest BCUT2D eigenvalue weighted by atomic mass is 9.99. The lowest BCUT2D eigenvalue weighted by Crippen LogP contribution is -2.40. The molecule has 1 aliphatic carbocycles. The number of pyridine rings is 1. The van der Waals surface area contributed by atoms with Crippen molar-refractivity contribution in [2.24, 2.45) is 5.92 Å². The Labute approximate surface area is 124 Å². The number of anilines is 1. The van der Waals surface area contributed by atoms with E-state index < -0.39 is 0 Å². The first kappa shape index (κ1) is 14.3. The van der Waals surface area contributed by atoms with Gasteiger partial charge in [0.1, 0.15) is 0 Å². The van der Waals surface area contributed by atoms with Crippen LogP contribution in [0.25, 0.3) is 0 Å². The first-order valence-corrected chi connectivity index (χ1v) is 7.73. The molecule has 0 amide bonds. The summed E-state index contributed by atoms with van der Waals surface area (Å²) in [6.45, 7) is 4.80. The maximum absolute atomic E-state index is 11.3. The molecule has 6 heteroatoms. The van der Waals surface area contributed by atoms with Crippen molar-refractivity contribution in [1.29, 1.82) is 0 Å². The number of rotatable bonds is 5. The molecular formula is C15H22N4O2. The van der Waals surface area contributed by atoms with Gasteiger partial charge in [-0.1, -0.05) is 0 Å². The number of piperidine rings is 1. The minimum Gasteiger partial charge on any atom is -0.348 e. The smallest absolute Gasteiger partial charge is 0.311 e. The quantitative estimate of drug-likeness (QED) is 0.665. The predicted molar refractivity (Wildman–Crippen MR) is 81.6 cm³/mol. The van der Waals surface area contributed by atoms with Gasteiger partial charge in [-0.05, 0) is 57.2 Å². The minimum atomic E-state index is -0.302. The fourth-order valence-electron chi connectivity index (χ4n) is 3.05. The van der Waals surface area contributed by atoms with E-state index in [1.807, 2.05) is 6.92 Å². The number of nitrogens with zero attached hydrogens (tertiary/aromatic N) is 3. The van der Waals surface area contributed by atoms with Crippen LogP contribution < -0.4 is 10.2 Å². The molecule has 0 radical (unpaired) electrons. The van der Waals surface area contributed by atoms with Crippen molar-refractivity contribution in [3.63, 3.8) is 0 Å². The van der Waals surface area contributed by atoms with Gasteiger partial charge in [0.05, 0.1) is 4.92 Å². The van der Waals surface area contributed by atoms with Gasteiger partial charge < -0.3 is 10.2 Å². The molecule has 1 atom stereocenters. The normalized spacial score (nSPS) is 22.0. The third kappa shape index (κ3) is 3.32. The Morgan fingerprint density at radius 2 is 2.29 bits per heavy atom. The van der Waals surface area contributed by atoms with Gasteiger partial charge in [0.2, 0.25) is 5.82 Å². The van der Waals surface area contributed by atoms with Crippen LogP contribution in [0, 0.1) is 23.0 Å². The predicted octanol–water partition coefficient (Wildman–Crippen LogP) is 2.27. The molecule has 0 bridgehead atoms. The van der Waals surface area contributed by atoms with E-state index in [9.17, 15) is 10.1 Å². The zero-order valence-electron chi connectivity index (χ0n) is 12.4. The van der Waals surface area contributed by atoms with E-state index in [0.29, 0.717) is 17.8 Å². The Bertz CT molecular complexity index is 524. The molecule has 1 aliphatic heterocycles. The zero-order valence-corrected chi connectivity index (χ0v) is 12.4. The molecule has 1 saturated heterocycles. The van der Waals surface area contributed by atoms with Crippen LogP contribution >= 0.6 is 0 Å². The average Bonchev–Trinajstić information content (AvgIpc) is 3.31. The Morgan fingerprint density at radius 3 is 2.90 bits per heavy atom. The Balaban J connectivity index is 1.85. The Morgan fingerprint density at radius 1 is 1.48 bits per heavy atom. The van der Waals surface area contributed by atoms with E-state index in [1.54, 1.807) is 12.3 Å². The Hall–Kier alpha value is -1.69. The number of hydrogen-bond acceptors (Lipinski definition) is 5. The number of nitrogens with one attached hydrogen (secondary N) is 1. The Kier molecular flexibility index (Phi) is 4.05. The monoisotopic (exact) mass is 290 g/mol. The highest BCUT2D eigenvalue weighted by Crippen LogP contribution is 2.36. The number of aromatic nitrogens is 1. The van der Waals surface area contributed by atoms with Crippen LogP contribution in [0.3, 0.4) is 0 Å². The highest BCUT2D eigenvalue weighted by atomic mass is 16.6. The molecule has 0 aromatic carbocycles. The highest BCUT2D eigenvalue weighted by Gasteiger charge is 2.35. The van der Waals surface area contributed by atoms with Gasteiger partial charge in [0.15, 0.2) is 0 Å². The van der Waals surface area contributed by atoms with Crippen LogP contribution in [0.5, 0.6) is 0 Å². The first-order valence-electron chi connectivity index (χ1n) is 7.73. The topological polar surface area (TPSA) is 71.3 Å². The van der Waals surface area contributed by atoms with Gasteiger partial charge >= 0.3 is 5.69 Å². The minimum absolute atomic E-state index is 0.144. The van der Waals surface area contributed by atoms with Crippen LogP contribution in [0.15, 0.2) is 12.3 Å². The largest absolute Gasteiger partial charge is 0.348 e. The van der Waals surface area contributed by atoms with E-state index in [1.165, 1.54) is 12.8 Å². The summed E-state index contributed by atoms with van der Waals surface area (Å²) in [5, 5.41) is 14.8. The molecular weight excluding hydrogens is 268 g/mol. The number of nitro groups is 1. The average molecular weight is 290 g/mol. The van der Waals surface area contributed by atoms with E-state index in [4.69, 9.17) is 0 Å². The summed E-state index contributed by atoms with van der Waals surface area (Å²) in [7, 11) is 0. The van der Waals surface area contributed by atoms with Crippen molar-refractivity contribution in [3.05, 3.63) is 27.9 Å². The second kappa shape index (κ2) is 5.97. The second-order valence-electron chi connectivity index (χ2n) is 6.21. The molecule has 1 N–H and O–H groups in total. The SMILES string of the molecule is Cc1cnc(N(CC2CCCNC2)C2CC2)c([N+](=O)[O-])c1. The molecule has 3 rings (SSSR count). The van der Waals surface area contributed by atoms with Crippen molar-refractivity contribution in [1.82, 2.24) is 10.3 Å². The number of aryl methyl sites for hydroxylation is 1. The van der Waals surface area contributed by atoms with E-state index in [2.05, 4.69) is 15.2 Å². The summed E-state index contributed by atoms with van der Waals surface area (Å²) in [4.78, 5) is 17.6. The van der Waals surface area contributed by atoms with Crippen LogP contribution in [-0.4, -0.2) is 35.6 Å². The third-order valence-electron chi connectivity index (χ3n) is 4.29. The zero-order chi connectivity index (χ0) is 14.8. The van der Waals surface area contributed by atoms with E-state index in [0.717, 1.165) is 38.0 Å². The molecule has 1 aromatic rings. The molecule has 0 spiro atoms. The third-order valence-corrected chi connectivity index (χ3v) is 4.29. The summed E-state index contributed by atoms with van der Waals surface area (Å²) in [6, 6.07) is 2.07. The molecule has 1 unspecified atom stereocenters. The van der Waals surface area contributed by atoms with Crippen molar-refractivity contribution in [3.8, 4) is 0 Å². The molecule has 6 nitrogen and oxygen atoms in total. The standard InChI is InChI=1S/C15H22N4O2/c1-11-7-14(19(20)21)15(17-8-11)18(13-4-5-13)10-12-3-2-6-16-9-12/h7-8,12-13,16H,2-6,9-10H2,1H3. The molecule has 2 fully saturated rings. The van der Waals surface area contributed by atoms with Crippen molar-refractivity contribution < 1.29 is 4.92 Å². The summed E-state index contributed by atoms with van der Waals surface area (Å²) < 4.78 is 0. The molecule has 2 heterocycles. The van der Waals surface area contributed by atoms with E-state index in [-0.39, 0.29) is 10.6 Å². The molecule has 21 heavy (non-hydrogen) atoms. The van der Waals surface area contributed by atoms with Crippen molar-refractivity contribution in [2.75, 3.05) is 24.5 Å². The van der Waals surface area contributed by atoms with Crippen LogP contribution in [0.1, 0.15) is 31.2 Å². The summed E-state index contributed by atoms with van der Waals surface area (Å²) in [5.74, 6) is 1.11. The second-order valence-corrected chi connectivity index (χ2v) is 6.21. The van der Waals surface area contributed by atoms with Gasteiger partial charge in [0, 0.05) is 24.8 Å². The van der Waals surface area contributed by atoms with Gasteiger partial charge in [-0.2, -0.15) is 0 Å².